The van der Waals surface area contributed by atoms with E-state index in [1.54, 1.807) is 0 Å². The van der Waals surface area contributed by atoms with E-state index in [1.165, 1.54) is 6.42 Å². The highest BCUT2D eigenvalue weighted by Crippen LogP contribution is 2.17. The number of carbonyl (C=O) groups is 1. The standard InChI is InChI=1S/C15H22N2O2/c1-15(9-5-10-17-15)12-16-14(18)8-11-19-13-6-3-2-4-7-13/h2-4,6-7,17H,5,8-12H2,1H3,(H,16,18). The van der Waals surface area contributed by atoms with Crippen LogP contribution in [-0.4, -0.2) is 31.1 Å². The van der Waals surface area contributed by atoms with E-state index in [1.807, 2.05) is 30.3 Å². The van der Waals surface area contributed by atoms with E-state index in [0.29, 0.717) is 19.6 Å². The summed E-state index contributed by atoms with van der Waals surface area (Å²) >= 11 is 0. The van der Waals surface area contributed by atoms with Gasteiger partial charge in [-0.2, -0.15) is 0 Å². The highest BCUT2D eigenvalue weighted by molar-refractivity contribution is 5.76. The van der Waals surface area contributed by atoms with Gasteiger partial charge in [-0.3, -0.25) is 4.79 Å². The normalized spacial score (nSPS) is 22.2. The lowest BCUT2D eigenvalue weighted by atomic mass is 10.0. The van der Waals surface area contributed by atoms with Crippen molar-refractivity contribution < 1.29 is 9.53 Å². The third-order valence-electron chi connectivity index (χ3n) is 3.47. The Morgan fingerprint density at radius 1 is 1.42 bits per heavy atom. The number of carbonyl (C=O) groups excluding carboxylic acids is 1. The molecule has 1 heterocycles. The predicted octanol–water partition coefficient (Wildman–Crippen LogP) is 1.71. The molecule has 0 aromatic heterocycles. The van der Waals surface area contributed by atoms with Crippen LogP contribution in [0.2, 0.25) is 0 Å². The molecule has 1 aromatic carbocycles. The maximum absolute atomic E-state index is 11.7. The second-order valence-corrected chi connectivity index (χ2v) is 5.28. The van der Waals surface area contributed by atoms with Crippen molar-refractivity contribution in [2.45, 2.75) is 31.7 Å². The van der Waals surface area contributed by atoms with Gasteiger partial charge in [-0.1, -0.05) is 18.2 Å². The lowest BCUT2D eigenvalue weighted by Gasteiger charge is -2.24. The molecule has 1 fully saturated rings. The average molecular weight is 262 g/mol. The van der Waals surface area contributed by atoms with Crippen molar-refractivity contribution in [1.29, 1.82) is 0 Å². The van der Waals surface area contributed by atoms with Gasteiger partial charge in [0.15, 0.2) is 0 Å². The fourth-order valence-electron chi connectivity index (χ4n) is 2.27. The number of ether oxygens (including phenoxy) is 1. The summed E-state index contributed by atoms with van der Waals surface area (Å²) in [5.41, 5.74) is 0.0654. The molecule has 0 saturated carbocycles. The third-order valence-corrected chi connectivity index (χ3v) is 3.47. The summed E-state index contributed by atoms with van der Waals surface area (Å²) in [5.74, 6) is 0.852. The van der Waals surface area contributed by atoms with Crippen LogP contribution in [0.1, 0.15) is 26.2 Å². The molecule has 1 aliphatic rings. The molecular weight excluding hydrogens is 240 g/mol. The molecule has 0 spiro atoms. The zero-order chi connectivity index (χ0) is 13.6. The number of benzene rings is 1. The maximum Gasteiger partial charge on any atom is 0.223 e. The summed E-state index contributed by atoms with van der Waals surface area (Å²) < 4.78 is 5.50. The van der Waals surface area contributed by atoms with E-state index in [9.17, 15) is 4.79 Å². The van der Waals surface area contributed by atoms with Crippen molar-refractivity contribution in [3.05, 3.63) is 30.3 Å². The van der Waals surface area contributed by atoms with Gasteiger partial charge in [0.1, 0.15) is 5.75 Å². The number of para-hydroxylation sites is 1. The minimum atomic E-state index is 0.0471. The van der Waals surface area contributed by atoms with E-state index in [4.69, 9.17) is 4.74 Å². The van der Waals surface area contributed by atoms with Crippen LogP contribution in [0, 0.1) is 0 Å². The molecule has 0 aliphatic carbocycles. The molecule has 1 aromatic rings. The van der Waals surface area contributed by atoms with Gasteiger partial charge in [0.2, 0.25) is 5.91 Å². The van der Waals surface area contributed by atoms with E-state index in [-0.39, 0.29) is 11.4 Å². The first kappa shape index (κ1) is 13.9. The minimum absolute atomic E-state index is 0.0471. The molecule has 1 aliphatic heterocycles. The average Bonchev–Trinajstić information content (AvgIpc) is 2.85. The van der Waals surface area contributed by atoms with Crippen molar-refractivity contribution >= 4 is 5.91 Å². The van der Waals surface area contributed by atoms with Crippen molar-refractivity contribution in [3.63, 3.8) is 0 Å². The summed E-state index contributed by atoms with van der Waals surface area (Å²) in [5, 5.41) is 6.39. The molecule has 4 nitrogen and oxygen atoms in total. The largest absolute Gasteiger partial charge is 0.493 e. The third kappa shape index (κ3) is 4.56. The highest BCUT2D eigenvalue weighted by atomic mass is 16.5. The van der Waals surface area contributed by atoms with Gasteiger partial charge in [-0.05, 0) is 38.4 Å². The second kappa shape index (κ2) is 6.57. The molecule has 2 N–H and O–H groups in total. The Labute approximate surface area is 114 Å². The summed E-state index contributed by atoms with van der Waals surface area (Å²) in [6.45, 7) is 4.31. The van der Waals surface area contributed by atoms with Crippen LogP contribution < -0.4 is 15.4 Å². The zero-order valence-electron chi connectivity index (χ0n) is 11.4. The smallest absolute Gasteiger partial charge is 0.223 e. The monoisotopic (exact) mass is 262 g/mol. The molecule has 19 heavy (non-hydrogen) atoms. The molecule has 2 rings (SSSR count). The van der Waals surface area contributed by atoms with E-state index >= 15 is 0 Å². The Morgan fingerprint density at radius 2 is 2.21 bits per heavy atom. The SMILES string of the molecule is CC1(CNC(=O)CCOc2ccccc2)CCCN1. The molecule has 0 bridgehead atoms. The number of amides is 1. The Hall–Kier alpha value is -1.55. The first-order valence-electron chi connectivity index (χ1n) is 6.88. The zero-order valence-corrected chi connectivity index (χ0v) is 11.4. The molecule has 1 unspecified atom stereocenters. The van der Waals surface area contributed by atoms with Crippen molar-refractivity contribution in [1.82, 2.24) is 10.6 Å². The van der Waals surface area contributed by atoms with Crippen molar-refractivity contribution in [2.75, 3.05) is 19.7 Å². The molecule has 1 atom stereocenters. The van der Waals surface area contributed by atoms with Gasteiger partial charge in [0.05, 0.1) is 13.0 Å². The fraction of sp³-hybridized carbons (Fsp3) is 0.533. The molecule has 104 valence electrons. The van der Waals surface area contributed by atoms with Gasteiger partial charge in [0.25, 0.3) is 0 Å². The van der Waals surface area contributed by atoms with Crippen LogP contribution in [0.25, 0.3) is 0 Å². The first-order valence-corrected chi connectivity index (χ1v) is 6.88. The molecule has 1 amide bonds. The van der Waals surface area contributed by atoms with Crippen LogP contribution in [0.3, 0.4) is 0 Å². The molecule has 4 heteroatoms. The summed E-state index contributed by atoms with van der Waals surface area (Å²) in [6, 6.07) is 9.56. The number of hydrogen-bond donors (Lipinski definition) is 2. The van der Waals surface area contributed by atoms with Crippen LogP contribution >= 0.6 is 0 Å². The predicted molar refractivity (Wildman–Crippen MR) is 75.2 cm³/mol. The van der Waals surface area contributed by atoms with E-state index in [0.717, 1.165) is 18.7 Å². The van der Waals surface area contributed by atoms with Gasteiger partial charge >= 0.3 is 0 Å². The highest BCUT2D eigenvalue weighted by Gasteiger charge is 2.27. The van der Waals surface area contributed by atoms with Crippen LogP contribution in [0.5, 0.6) is 5.75 Å². The van der Waals surface area contributed by atoms with Crippen LogP contribution in [0.15, 0.2) is 30.3 Å². The fourth-order valence-corrected chi connectivity index (χ4v) is 2.27. The van der Waals surface area contributed by atoms with Gasteiger partial charge < -0.3 is 15.4 Å². The Bertz CT molecular complexity index is 400. The molecular formula is C15H22N2O2. The van der Waals surface area contributed by atoms with E-state index in [2.05, 4.69) is 17.6 Å². The van der Waals surface area contributed by atoms with Gasteiger partial charge in [0, 0.05) is 12.1 Å². The summed E-state index contributed by atoms with van der Waals surface area (Å²) in [6.07, 6.45) is 2.70. The van der Waals surface area contributed by atoms with E-state index < -0.39 is 0 Å². The summed E-state index contributed by atoms with van der Waals surface area (Å²) in [4.78, 5) is 11.7. The molecule has 1 saturated heterocycles. The minimum Gasteiger partial charge on any atom is -0.493 e. The lowest BCUT2D eigenvalue weighted by molar-refractivity contribution is -0.121. The molecule has 0 radical (unpaired) electrons. The van der Waals surface area contributed by atoms with Crippen molar-refractivity contribution in [2.24, 2.45) is 0 Å². The van der Waals surface area contributed by atoms with Gasteiger partial charge in [-0.15, -0.1) is 0 Å². The second-order valence-electron chi connectivity index (χ2n) is 5.28. The Balaban J connectivity index is 1.62. The Kier molecular flexibility index (Phi) is 4.80. The number of nitrogens with one attached hydrogen (secondary N) is 2. The number of rotatable bonds is 6. The number of hydrogen-bond acceptors (Lipinski definition) is 3. The maximum atomic E-state index is 11.7. The Morgan fingerprint density at radius 3 is 2.89 bits per heavy atom. The quantitative estimate of drug-likeness (QED) is 0.820. The van der Waals surface area contributed by atoms with Crippen LogP contribution in [-0.2, 0) is 4.79 Å². The first-order chi connectivity index (χ1) is 9.18. The topological polar surface area (TPSA) is 50.4 Å². The van der Waals surface area contributed by atoms with Crippen LogP contribution in [0.4, 0.5) is 0 Å². The lowest BCUT2D eigenvalue weighted by Crippen LogP contribution is -2.47. The van der Waals surface area contributed by atoms with Crippen molar-refractivity contribution in [3.8, 4) is 5.75 Å². The van der Waals surface area contributed by atoms with Gasteiger partial charge in [-0.25, -0.2) is 0 Å². The summed E-state index contributed by atoms with van der Waals surface area (Å²) in [7, 11) is 0.